The van der Waals surface area contributed by atoms with Crippen molar-refractivity contribution in [2.75, 3.05) is 20.1 Å². The number of piperidine rings is 1. The molecule has 2 nitrogen and oxygen atoms in total. The molecule has 0 bridgehead atoms. The maximum Gasteiger partial charge on any atom is 0.128 e. The first-order valence-corrected chi connectivity index (χ1v) is 3.36. The van der Waals surface area contributed by atoms with Crippen LogP contribution in [0.4, 0.5) is 4.39 Å². The minimum atomic E-state index is -0.705. The first-order chi connectivity index (χ1) is 4.34. The van der Waals surface area contributed by atoms with E-state index in [1.165, 1.54) is 0 Å². The molecule has 1 fully saturated rings. The molecule has 2 atom stereocenters. The third-order valence-electron chi connectivity index (χ3n) is 1.78. The highest BCUT2D eigenvalue weighted by atomic mass is 19.1. The predicted molar refractivity (Wildman–Crippen MR) is 35.2 cm³/mol. The minimum absolute atomic E-state index is 0.0752. The summed E-state index contributed by atoms with van der Waals surface area (Å²) in [5.41, 5.74) is 0. The van der Waals surface area contributed by atoms with E-state index in [0.717, 1.165) is 13.0 Å². The van der Waals surface area contributed by atoms with Crippen molar-refractivity contribution in [1.29, 1.82) is 0 Å². The lowest BCUT2D eigenvalue weighted by Gasteiger charge is -2.25. The van der Waals surface area contributed by atoms with Crippen LogP contribution in [0.5, 0.6) is 0 Å². The predicted octanol–water partition coefficient (Wildman–Crippen LogP) is -0.0942. The lowest BCUT2D eigenvalue weighted by atomic mass is 10.1. The van der Waals surface area contributed by atoms with Gasteiger partial charge in [0.1, 0.15) is 6.17 Å². The monoisotopic (exact) mass is 132 g/mol. The minimum Gasteiger partial charge on any atom is -0.314 e. The average molecular weight is 132 g/mol. The topological polar surface area (TPSA) is 24.1 Å². The van der Waals surface area contributed by atoms with Gasteiger partial charge in [0.2, 0.25) is 0 Å². The van der Waals surface area contributed by atoms with Gasteiger partial charge in [0.15, 0.2) is 0 Å². The molecule has 1 saturated heterocycles. The Hall–Kier alpha value is -0.150. The van der Waals surface area contributed by atoms with Crippen LogP contribution >= 0.6 is 0 Å². The summed E-state index contributed by atoms with van der Waals surface area (Å²) < 4.78 is 12.7. The highest BCUT2D eigenvalue weighted by Gasteiger charge is 2.21. The Balaban J connectivity index is 2.30. The lowest BCUT2D eigenvalue weighted by Crippen LogP contribution is -2.47. The first kappa shape index (κ1) is 6.96. The standard InChI is InChI=1S/C6H13FN2/c1-8-6-2-3-9-4-5(6)7/h5-6,8-9H,2-4H2,1H3. The molecule has 1 rings (SSSR count). The fourth-order valence-corrected chi connectivity index (χ4v) is 1.15. The molecule has 1 heterocycles. The SMILES string of the molecule is CNC1CCNCC1F. The van der Waals surface area contributed by atoms with Crippen LogP contribution in [0.1, 0.15) is 6.42 Å². The van der Waals surface area contributed by atoms with E-state index in [1.54, 1.807) is 0 Å². The van der Waals surface area contributed by atoms with Crippen LogP contribution in [-0.2, 0) is 0 Å². The van der Waals surface area contributed by atoms with E-state index in [0.29, 0.717) is 6.54 Å². The molecular weight excluding hydrogens is 119 g/mol. The van der Waals surface area contributed by atoms with E-state index in [-0.39, 0.29) is 6.04 Å². The van der Waals surface area contributed by atoms with Gasteiger partial charge in [-0.25, -0.2) is 4.39 Å². The van der Waals surface area contributed by atoms with Crippen molar-refractivity contribution in [2.45, 2.75) is 18.6 Å². The molecule has 0 aliphatic carbocycles. The van der Waals surface area contributed by atoms with Gasteiger partial charge in [0.25, 0.3) is 0 Å². The van der Waals surface area contributed by atoms with Gasteiger partial charge in [-0.1, -0.05) is 0 Å². The van der Waals surface area contributed by atoms with Crippen LogP contribution < -0.4 is 10.6 Å². The summed E-state index contributed by atoms with van der Waals surface area (Å²) in [4.78, 5) is 0. The summed E-state index contributed by atoms with van der Waals surface area (Å²) in [5, 5.41) is 5.92. The number of alkyl halides is 1. The fourth-order valence-electron chi connectivity index (χ4n) is 1.15. The Morgan fingerprint density at radius 3 is 2.89 bits per heavy atom. The van der Waals surface area contributed by atoms with Crippen LogP contribution in [-0.4, -0.2) is 32.4 Å². The Bertz CT molecular complexity index is 87.1. The van der Waals surface area contributed by atoms with E-state index in [9.17, 15) is 4.39 Å². The smallest absolute Gasteiger partial charge is 0.128 e. The Labute approximate surface area is 54.8 Å². The normalized spacial score (nSPS) is 36.7. The first-order valence-electron chi connectivity index (χ1n) is 3.36. The second-order valence-electron chi connectivity index (χ2n) is 2.40. The van der Waals surface area contributed by atoms with Crippen LogP contribution in [0.15, 0.2) is 0 Å². The van der Waals surface area contributed by atoms with Crippen LogP contribution in [0, 0.1) is 0 Å². The molecule has 2 unspecified atom stereocenters. The number of hydrogen-bond donors (Lipinski definition) is 2. The van der Waals surface area contributed by atoms with Gasteiger partial charge in [-0.05, 0) is 20.0 Å². The van der Waals surface area contributed by atoms with Gasteiger partial charge in [-0.15, -0.1) is 0 Å². The second-order valence-corrected chi connectivity index (χ2v) is 2.40. The Morgan fingerprint density at radius 2 is 2.44 bits per heavy atom. The third kappa shape index (κ3) is 1.63. The van der Waals surface area contributed by atoms with E-state index in [1.807, 2.05) is 7.05 Å². The summed E-state index contributed by atoms with van der Waals surface area (Å²) in [6, 6.07) is 0.0752. The van der Waals surface area contributed by atoms with Crippen molar-refractivity contribution in [3.8, 4) is 0 Å². The zero-order valence-corrected chi connectivity index (χ0v) is 5.65. The van der Waals surface area contributed by atoms with E-state index in [2.05, 4.69) is 10.6 Å². The van der Waals surface area contributed by atoms with Crippen molar-refractivity contribution >= 4 is 0 Å². The van der Waals surface area contributed by atoms with Crippen molar-refractivity contribution < 1.29 is 4.39 Å². The zero-order chi connectivity index (χ0) is 6.69. The molecule has 0 aromatic carbocycles. The maximum absolute atomic E-state index is 12.7. The molecule has 0 saturated carbocycles. The summed E-state index contributed by atoms with van der Waals surface area (Å²) in [7, 11) is 1.81. The Morgan fingerprint density at radius 1 is 1.67 bits per heavy atom. The van der Waals surface area contributed by atoms with Gasteiger partial charge >= 0.3 is 0 Å². The van der Waals surface area contributed by atoms with Crippen molar-refractivity contribution in [3.63, 3.8) is 0 Å². The van der Waals surface area contributed by atoms with Crippen molar-refractivity contribution in [3.05, 3.63) is 0 Å². The number of halogens is 1. The third-order valence-corrected chi connectivity index (χ3v) is 1.78. The number of hydrogen-bond acceptors (Lipinski definition) is 2. The highest BCUT2D eigenvalue weighted by Crippen LogP contribution is 2.05. The van der Waals surface area contributed by atoms with E-state index in [4.69, 9.17) is 0 Å². The van der Waals surface area contributed by atoms with Crippen molar-refractivity contribution in [2.24, 2.45) is 0 Å². The molecule has 1 aliphatic rings. The molecule has 0 radical (unpaired) electrons. The number of nitrogens with one attached hydrogen (secondary N) is 2. The largest absolute Gasteiger partial charge is 0.314 e. The van der Waals surface area contributed by atoms with Crippen LogP contribution in [0.25, 0.3) is 0 Å². The van der Waals surface area contributed by atoms with Gasteiger partial charge in [0.05, 0.1) is 0 Å². The molecule has 54 valence electrons. The molecule has 0 aromatic rings. The van der Waals surface area contributed by atoms with Gasteiger partial charge in [-0.2, -0.15) is 0 Å². The molecule has 2 N–H and O–H groups in total. The zero-order valence-electron chi connectivity index (χ0n) is 5.65. The molecule has 0 spiro atoms. The molecule has 1 aliphatic heterocycles. The quantitative estimate of drug-likeness (QED) is 0.521. The molecule has 0 amide bonds. The van der Waals surface area contributed by atoms with Crippen molar-refractivity contribution in [1.82, 2.24) is 10.6 Å². The summed E-state index contributed by atoms with van der Waals surface area (Å²) in [6.45, 7) is 1.44. The maximum atomic E-state index is 12.7. The Kier molecular flexibility index (Phi) is 2.42. The molecule has 0 aromatic heterocycles. The van der Waals surface area contributed by atoms with Gasteiger partial charge in [-0.3, -0.25) is 0 Å². The van der Waals surface area contributed by atoms with E-state index >= 15 is 0 Å². The van der Waals surface area contributed by atoms with E-state index < -0.39 is 6.17 Å². The van der Waals surface area contributed by atoms with Crippen LogP contribution in [0.2, 0.25) is 0 Å². The lowest BCUT2D eigenvalue weighted by molar-refractivity contribution is 0.210. The summed E-state index contributed by atoms with van der Waals surface area (Å²) >= 11 is 0. The summed E-state index contributed by atoms with van der Waals surface area (Å²) in [6.07, 6.45) is 0.196. The number of rotatable bonds is 1. The van der Waals surface area contributed by atoms with Gasteiger partial charge in [0, 0.05) is 12.6 Å². The van der Waals surface area contributed by atoms with Gasteiger partial charge < -0.3 is 10.6 Å². The summed E-state index contributed by atoms with van der Waals surface area (Å²) in [5.74, 6) is 0. The highest BCUT2D eigenvalue weighted by molar-refractivity contribution is 4.81. The van der Waals surface area contributed by atoms with Crippen LogP contribution in [0.3, 0.4) is 0 Å². The fraction of sp³-hybridized carbons (Fsp3) is 1.00. The average Bonchev–Trinajstić information content (AvgIpc) is 1.89. The molecule has 9 heavy (non-hydrogen) atoms. The molecular formula is C6H13FN2. The molecule has 3 heteroatoms. The second kappa shape index (κ2) is 3.13.